The summed E-state index contributed by atoms with van der Waals surface area (Å²) in [7, 11) is 0. The van der Waals surface area contributed by atoms with Crippen LogP contribution in [-0.4, -0.2) is 25.5 Å². The summed E-state index contributed by atoms with van der Waals surface area (Å²) in [6, 6.07) is 4.02. The van der Waals surface area contributed by atoms with Crippen molar-refractivity contribution in [3.8, 4) is 5.75 Å². The molecule has 0 amide bonds. The lowest BCUT2D eigenvalue weighted by molar-refractivity contribution is -0.274. The van der Waals surface area contributed by atoms with Crippen LogP contribution in [0.2, 0.25) is 5.02 Å². The van der Waals surface area contributed by atoms with Gasteiger partial charge in [-0.15, -0.1) is 25.6 Å². The molecule has 8 heteroatoms. The largest absolute Gasteiger partial charge is 0.573 e. The third-order valence-corrected chi connectivity index (χ3v) is 3.25. The van der Waals surface area contributed by atoms with Gasteiger partial charge in [-0.25, -0.2) is 0 Å². The molecule has 2 N–H and O–H groups in total. The lowest BCUT2D eigenvalue weighted by atomic mass is 10.1. The summed E-state index contributed by atoms with van der Waals surface area (Å²) >= 11 is 6.01. The molecule has 1 unspecified atom stereocenters. The van der Waals surface area contributed by atoms with Crippen LogP contribution in [0.3, 0.4) is 0 Å². The quantitative estimate of drug-likeness (QED) is 0.900. The van der Waals surface area contributed by atoms with Gasteiger partial charge in [0.05, 0.1) is 10.7 Å². The molecule has 1 saturated heterocycles. The summed E-state index contributed by atoms with van der Waals surface area (Å²) in [6.07, 6.45) is -2.82. The van der Waals surface area contributed by atoms with Crippen molar-refractivity contribution in [1.82, 2.24) is 0 Å². The van der Waals surface area contributed by atoms with Gasteiger partial charge in [-0.05, 0) is 25.0 Å². The average Bonchev–Trinajstić information content (AvgIpc) is 2.26. The molecule has 0 saturated carbocycles. The van der Waals surface area contributed by atoms with Crippen molar-refractivity contribution >= 4 is 29.7 Å². The minimum Gasteiger partial charge on any atom is -0.406 e. The monoisotopic (exact) mass is 330 g/mol. The maximum Gasteiger partial charge on any atom is 0.573 e. The third kappa shape index (κ3) is 4.61. The highest BCUT2D eigenvalue weighted by atomic mass is 35.5. The van der Waals surface area contributed by atoms with E-state index < -0.39 is 6.36 Å². The molecule has 1 aromatic carbocycles. The van der Waals surface area contributed by atoms with Crippen molar-refractivity contribution in [2.45, 2.75) is 25.2 Å². The number of alkyl halides is 3. The fraction of sp³-hybridized carbons (Fsp3) is 0.500. The van der Waals surface area contributed by atoms with E-state index >= 15 is 0 Å². The van der Waals surface area contributed by atoms with E-state index in [9.17, 15) is 13.2 Å². The summed E-state index contributed by atoms with van der Waals surface area (Å²) in [4.78, 5) is 1.98. The Morgan fingerprint density at radius 2 is 2.05 bits per heavy atom. The second kappa shape index (κ2) is 6.74. The Kier molecular flexibility index (Phi) is 5.79. The van der Waals surface area contributed by atoms with Crippen LogP contribution in [0.1, 0.15) is 12.8 Å². The normalized spacial score (nSPS) is 19.4. The zero-order valence-corrected chi connectivity index (χ0v) is 12.1. The number of benzene rings is 1. The number of piperidine rings is 1. The Bertz CT molecular complexity index is 457. The minimum absolute atomic E-state index is 0. The van der Waals surface area contributed by atoms with Crippen LogP contribution in [0.4, 0.5) is 18.9 Å². The van der Waals surface area contributed by atoms with E-state index in [4.69, 9.17) is 17.3 Å². The Morgan fingerprint density at radius 1 is 1.35 bits per heavy atom. The molecule has 0 spiro atoms. The van der Waals surface area contributed by atoms with Gasteiger partial charge < -0.3 is 15.4 Å². The highest BCUT2D eigenvalue weighted by Crippen LogP contribution is 2.33. The number of nitrogens with zero attached hydrogens (tertiary/aromatic N) is 1. The Balaban J connectivity index is 0.00000200. The lowest BCUT2D eigenvalue weighted by Gasteiger charge is -2.33. The molecule has 3 nitrogen and oxygen atoms in total. The van der Waals surface area contributed by atoms with Gasteiger partial charge in [0.15, 0.2) is 0 Å². The Labute approximate surface area is 126 Å². The van der Waals surface area contributed by atoms with E-state index in [1.807, 2.05) is 4.90 Å². The zero-order valence-electron chi connectivity index (χ0n) is 10.5. The second-order valence-electron chi connectivity index (χ2n) is 4.51. The van der Waals surface area contributed by atoms with Crippen molar-refractivity contribution in [3.63, 3.8) is 0 Å². The van der Waals surface area contributed by atoms with Gasteiger partial charge in [0, 0.05) is 25.2 Å². The van der Waals surface area contributed by atoms with Gasteiger partial charge in [-0.1, -0.05) is 11.6 Å². The van der Waals surface area contributed by atoms with E-state index in [1.165, 1.54) is 18.2 Å². The highest BCUT2D eigenvalue weighted by molar-refractivity contribution is 6.33. The van der Waals surface area contributed by atoms with Crippen LogP contribution in [0.5, 0.6) is 5.75 Å². The molecule has 1 aliphatic rings. The van der Waals surface area contributed by atoms with Crippen molar-refractivity contribution in [2.24, 2.45) is 5.73 Å². The van der Waals surface area contributed by atoms with Gasteiger partial charge >= 0.3 is 6.36 Å². The predicted molar refractivity (Wildman–Crippen MR) is 74.8 cm³/mol. The Morgan fingerprint density at radius 3 is 2.60 bits per heavy atom. The van der Waals surface area contributed by atoms with Crippen LogP contribution >= 0.6 is 24.0 Å². The summed E-state index contributed by atoms with van der Waals surface area (Å²) in [5.74, 6) is -0.317. The predicted octanol–water partition coefficient (Wildman–Crippen LogP) is 3.59. The molecule has 1 aliphatic heterocycles. The minimum atomic E-state index is -4.71. The standard InChI is InChI=1S/C12H14ClF3N2O.ClH/c13-10-6-9(19-12(14,15)16)3-4-11(10)18-5-1-2-8(17)7-18;/h3-4,6,8H,1-2,5,7,17H2;1H. The van der Waals surface area contributed by atoms with Gasteiger partial charge in [-0.2, -0.15) is 0 Å². The first-order valence-corrected chi connectivity index (χ1v) is 6.29. The Hall–Kier alpha value is -0.850. The van der Waals surface area contributed by atoms with E-state index in [1.54, 1.807) is 0 Å². The van der Waals surface area contributed by atoms with Crippen LogP contribution in [-0.2, 0) is 0 Å². The van der Waals surface area contributed by atoms with Crippen LogP contribution in [0, 0.1) is 0 Å². The van der Waals surface area contributed by atoms with E-state index in [0.29, 0.717) is 12.2 Å². The smallest absolute Gasteiger partial charge is 0.406 e. The topological polar surface area (TPSA) is 38.5 Å². The number of nitrogens with two attached hydrogens (primary N) is 1. The number of hydrogen-bond acceptors (Lipinski definition) is 3. The third-order valence-electron chi connectivity index (χ3n) is 2.95. The molecule has 1 fully saturated rings. The number of hydrogen-bond donors (Lipinski definition) is 1. The van der Waals surface area contributed by atoms with Crippen LogP contribution < -0.4 is 15.4 Å². The van der Waals surface area contributed by atoms with Gasteiger partial charge in [0.25, 0.3) is 0 Å². The number of rotatable bonds is 2. The molecule has 0 bridgehead atoms. The fourth-order valence-electron chi connectivity index (χ4n) is 2.17. The summed E-state index contributed by atoms with van der Waals surface area (Å²) in [6.45, 7) is 1.45. The molecule has 0 aromatic heterocycles. The molecule has 0 radical (unpaired) electrons. The maximum absolute atomic E-state index is 12.1. The SMILES string of the molecule is Cl.NC1CCCN(c2ccc(OC(F)(F)F)cc2Cl)C1. The molecule has 114 valence electrons. The van der Waals surface area contributed by atoms with Crippen LogP contribution in [0.15, 0.2) is 18.2 Å². The molecule has 1 atom stereocenters. The number of anilines is 1. The molecule has 0 aliphatic carbocycles. The average molecular weight is 331 g/mol. The first kappa shape index (κ1) is 17.2. The van der Waals surface area contributed by atoms with Crippen molar-refractivity contribution in [1.29, 1.82) is 0 Å². The summed E-state index contributed by atoms with van der Waals surface area (Å²) < 4.78 is 40.1. The summed E-state index contributed by atoms with van der Waals surface area (Å²) in [5.41, 5.74) is 6.55. The molecular formula is C12H15Cl2F3N2O. The van der Waals surface area contributed by atoms with Crippen molar-refractivity contribution in [3.05, 3.63) is 23.2 Å². The number of ether oxygens (including phenoxy) is 1. The van der Waals surface area contributed by atoms with Gasteiger partial charge in [-0.3, -0.25) is 0 Å². The van der Waals surface area contributed by atoms with Gasteiger partial charge in [0.2, 0.25) is 0 Å². The molecular weight excluding hydrogens is 316 g/mol. The lowest BCUT2D eigenvalue weighted by Crippen LogP contribution is -2.42. The zero-order chi connectivity index (χ0) is 14.0. The summed E-state index contributed by atoms with van der Waals surface area (Å²) in [5, 5.41) is 0.232. The molecule has 20 heavy (non-hydrogen) atoms. The second-order valence-corrected chi connectivity index (χ2v) is 4.92. The van der Waals surface area contributed by atoms with Crippen molar-refractivity contribution < 1.29 is 17.9 Å². The van der Waals surface area contributed by atoms with Crippen molar-refractivity contribution in [2.75, 3.05) is 18.0 Å². The first-order chi connectivity index (χ1) is 8.85. The molecule has 1 aromatic rings. The highest BCUT2D eigenvalue weighted by Gasteiger charge is 2.31. The van der Waals surface area contributed by atoms with E-state index in [0.717, 1.165) is 19.4 Å². The van der Waals surface area contributed by atoms with E-state index in [2.05, 4.69) is 4.74 Å². The van der Waals surface area contributed by atoms with Gasteiger partial charge in [0.1, 0.15) is 5.75 Å². The van der Waals surface area contributed by atoms with Crippen LogP contribution in [0.25, 0.3) is 0 Å². The molecule has 2 rings (SSSR count). The maximum atomic E-state index is 12.1. The number of halogens is 5. The fourth-order valence-corrected chi connectivity index (χ4v) is 2.46. The molecule has 1 heterocycles. The van der Waals surface area contributed by atoms with E-state index in [-0.39, 0.29) is 29.2 Å². The first-order valence-electron chi connectivity index (χ1n) is 5.91.